The topological polar surface area (TPSA) is 96.1 Å². The third-order valence-corrected chi connectivity index (χ3v) is 6.71. The Kier molecular flexibility index (Phi) is 5.09. The average Bonchev–Trinajstić information content (AvgIpc) is 3.21. The molecule has 158 valence electrons. The molecule has 4 rings (SSSR count). The Morgan fingerprint density at radius 2 is 1.87 bits per heavy atom. The summed E-state index contributed by atoms with van der Waals surface area (Å²) in [6.45, 7) is 3.48. The number of imidazole rings is 1. The maximum atomic E-state index is 13.7. The van der Waals surface area contributed by atoms with E-state index in [-0.39, 0.29) is 23.3 Å². The van der Waals surface area contributed by atoms with Gasteiger partial charge in [-0.1, -0.05) is 23.7 Å². The van der Waals surface area contributed by atoms with E-state index in [2.05, 4.69) is 4.98 Å². The van der Waals surface area contributed by atoms with Gasteiger partial charge < -0.3 is 0 Å². The van der Waals surface area contributed by atoms with E-state index >= 15 is 0 Å². The van der Waals surface area contributed by atoms with Crippen LogP contribution in [-0.4, -0.2) is 23.9 Å². The first-order valence-corrected chi connectivity index (χ1v) is 11.9. The van der Waals surface area contributed by atoms with Gasteiger partial charge in [-0.15, -0.1) is 0 Å². The van der Waals surface area contributed by atoms with Gasteiger partial charge in [-0.05, 0) is 55.3 Å². The molecule has 0 spiro atoms. The molecule has 1 aliphatic rings. The quantitative estimate of drug-likeness (QED) is 0.525. The Labute approximate surface area is 188 Å². The van der Waals surface area contributed by atoms with Crippen LogP contribution in [0.15, 0.2) is 53.7 Å². The van der Waals surface area contributed by atoms with Crippen LogP contribution < -0.4 is 4.90 Å². The normalized spacial score (nSPS) is 18.2. The number of anilines is 2. The van der Waals surface area contributed by atoms with E-state index in [1.54, 1.807) is 49.4 Å². The van der Waals surface area contributed by atoms with Crippen molar-refractivity contribution < 1.29 is 13.2 Å². The molecule has 2 heterocycles. The Morgan fingerprint density at radius 3 is 2.45 bits per heavy atom. The molecule has 31 heavy (non-hydrogen) atoms. The van der Waals surface area contributed by atoms with Crippen molar-refractivity contribution in [1.82, 2.24) is 9.55 Å². The average molecular weight is 475 g/mol. The highest BCUT2D eigenvalue weighted by Gasteiger charge is 2.51. The van der Waals surface area contributed by atoms with E-state index in [4.69, 9.17) is 27.5 Å². The summed E-state index contributed by atoms with van der Waals surface area (Å²) in [5.74, 6) is -0.231. The zero-order valence-electron chi connectivity index (χ0n) is 16.5. The molecule has 1 aliphatic heterocycles. The molecule has 3 aromatic rings. The minimum absolute atomic E-state index is 0.141. The van der Waals surface area contributed by atoms with Crippen molar-refractivity contribution in [3.8, 4) is 6.07 Å². The van der Waals surface area contributed by atoms with Gasteiger partial charge >= 0.3 is 0 Å². The van der Waals surface area contributed by atoms with Gasteiger partial charge in [0.2, 0.25) is 5.95 Å². The van der Waals surface area contributed by atoms with Crippen LogP contribution in [0.2, 0.25) is 5.02 Å². The lowest BCUT2D eigenvalue weighted by Crippen LogP contribution is -2.41. The predicted molar refractivity (Wildman–Crippen MR) is 117 cm³/mol. The second-order valence-electron chi connectivity index (χ2n) is 7.56. The summed E-state index contributed by atoms with van der Waals surface area (Å²) in [7, 11) is 1.49. The molecule has 0 N–H and O–H groups in total. The molecule has 0 saturated carbocycles. The van der Waals surface area contributed by atoms with Gasteiger partial charge in [0.05, 0.1) is 23.5 Å². The molecule has 0 unspecified atom stereocenters. The van der Waals surface area contributed by atoms with E-state index in [1.807, 2.05) is 13.0 Å². The fourth-order valence-corrected chi connectivity index (χ4v) is 5.17. The maximum Gasteiger partial charge on any atom is 0.278 e. The van der Waals surface area contributed by atoms with Crippen LogP contribution in [0.3, 0.4) is 0 Å². The van der Waals surface area contributed by atoms with Crippen LogP contribution in [0, 0.1) is 18.3 Å². The molecule has 1 aromatic heterocycles. The van der Waals surface area contributed by atoms with Crippen LogP contribution in [0.5, 0.6) is 0 Å². The second-order valence-corrected chi connectivity index (χ2v) is 10.5. The SMILES string of the molecule is Cc1cc(Cl)cc(N2C(=O)[C@@](C)(Cc3ccc(C#N)cc3)n3c(S(=O)(=O)Cl)cnc32)c1. The number of carbonyl (C=O) groups is 1. The Morgan fingerprint density at radius 1 is 1.19 bits per heavy atom. The lowest BCUT2D eigenvalue weighted by molar-refractivity contribution is -0.124. The van der Waals surface area contributed by atoms with Crippen molar-refractivity contribution in [2.45, 2.75) is 30.8 Å². The first-order chi connectivity index (χ1) is 14.5. The van der Waals surface area contributed by atoms with Crippen LogP contribution in [0.25, 0.3) is 0 Å². The highest BCUT2D eigenvalue weighted by molar-refractivity contribution is 8.13. The van der Waals surface area contributed by atoms with Gasteiger partial charge in [0.25, 0.3) is 15.0 Å². The van der Waals surface area contributed by atoms with Crippen molar-refractivity contribution in [1.29, 1.82) is 5.26 Å². The number of hydrogen-bond donors (Lipinski definition) is 0. The van der Waals surface area contributed by atoms with E-state index in [1.165, 1.54) is 9.47 Å². The number of fused-ring (bicyclic) bond motifs is 1. The number of amides is 1. The molecule has 0 bridgehead atoms. The van der Waals surface area contributed by atoms with Crippen LogP contribution in [0.1, 0.15) is 23.6 Å². The predicted octanol–water partition coefficient (Wildman–Crippen LogP) is 4.28. The molecule has 0 aliphatic carbocycles. The minimum Gasteiger partial charge on any atom is -0.284 e. The van der Waals surface area contributed by atoms with Gasteiger partial charge in [-0.2, -0.15) is 5.26 Å². The first kappa shape index (κ1) is 21.4. The number of aromatic nitrogens is 2. The zero-order valence-corrected chi connectivity index (χ0v) is 18.8. The Bertz CT molecular complexity index is 1340. The van der Waals surface area contributed by atoms with Crippen LogP contribution >= 0.6 is 22.3 Å². The number of benzene rings is 2. The number of halogens is 2. The monoisotopic (exact) mass is 474 g/mol. The number of hydrogen-bond acceptors (Lipinski definition) is 5. The fourth-order valence-electron chi connectivity index (χ4n) is 3.88. The smallest absolute Gasteiger partial charge is 0.278 e. The van der Waals surface area contributed by atoms with Crippen molar-refractivity contribution in [3.63, 3.8) is 0 Å². The lowest BCUT2D eigenvalue weighted by atomic mass is 9.91. The Hall–Kier alpha value is -2.86. The molecular weight excluding hydrogens is 459 g/mol. The molecule has 7 nitrogen and oxygen atoms in total. The fraction of sp³-hybridized carbons (Fsp3) is 0.190. The second kappa shape index (κ2) is 7.38. The van der Waals surface area contributed by atoms with Crippen molar-refractivity contribution >= 4 is 48.9 Å². The summed E-state index contributed by atoms with van der Waals surface area (Å²) in [5, 5.41) is 9.19. The number of nitriles is 1. The van der Waals surface area contributed by atoms with Crippen molar-refractivity contribution in [2.24, 2.45) is 0 Å². The third-order valence-electron chi connectivity index (χ3n) is 5.23. The standard InChI is InChI=1S/C21H16Cl2N4O3S/c1-13-7-16(22)9-17(8-13)26-19(28)21(2,10-14-3-5-15(11-24)6-4-14)27-18(31(23,29)30)12-25-20(26)27/h3-9,12H,10H2,1-2H3/t21-/m1/s1. The van der Waals surface area contributed by atoms with Gasteiger partial charge in [0, 0.05) is 22.1 Å². The van der Waals surface area contributed by atoms with E-state index in [9.17, 15) is 13.2 Å². The highest BCUT2D eigenvalue weighted by Crippen LogP contribution is 2.44. The molecule has 2 aromatic carbocycles. The molecule has 10 heteroatoms. The largest absolute Gasteiger partial charge is 0.284 e. The van der Waals surface area contributed by atoms with Gasteiger partial charge in [0.1, 0.15) is 5.54 Å². The zero-order chi connectivity index (χ0) is 22.6. The summed E-state index contributed by atoms with van der Waals surface area (Å²) in [6, 6.07) is 13.9. The Balaban J connectivity index is 1.91. The van der Waals surface area contributed by atoms with Crippen molar-refractivity contribution in [3.05, 3.63) is 70.4 Å². The summed E-state index contributed by atoms with van der Waals surface area (Å²) >= 11 is 6.20. The van der Waals surface area contributed by atoms with E-state index in [0.717, 1.165) is 17.3 Å². The molecule has 1 atom stereocenters. The van der Waals surface area contributed by atoms with E-state index < -0.39 is 14.6 Å². The van der Waals surface area contributed by atoms with Gasteiger partial charge in [0.15, 0.2) is 5.03 Å². The van der Waals surface area contributed by atoms with Gasteiger partial charge in [-0.25, -0.2) is 18.3 Å². The van der Waals surface area contributed by atoms with Crippen LogP contribution in [-0.2, 0) is 25.8 Å². The summed E-state index contributed by atoms with van der Waals surface area (Å²) in [6.07, 6.45) is 1.31. The summed E-state index contributed by atoms with van der Waals surface area (Å²) in [4.78, 5) is 19.3. The molecule has 0 fully saturated rings. The number of rotatable bonds is 4. The molecule has 0 radical (unpaired) electrons. The number of nitrogens with zero attached hydrogens (tertiary/aromatic N) is 4. The minimum atomic E-state index is -4.18. The number of aryl methyl sites for hydroxylation is 1. The maximum absolute atomic E-state index is 13.7. The molecule has 1 amide bonds. The molecule has 0 saturated heterocycles. The molecular formula is C21H16Cl2N4O3S. The van der Waals surface area contributed by atoms with Crippen molar-refractivity contribution in [2.75, 3.05) is 4.90 Å². The third kappa shape index (κ3) is 3.59. The number of carbonyl (C=O) groups excluding carboxylic acids is 1. The lowest BCUT2D eigenvalue weighted by Gasteiger charge is -2.26. The van der Waals surface area contributed by atoms with Gasteiger partial charge in [-0.3, -0.25) is 9.36 Å². The summed E-state index contributed by atoms with van der Waals surface area (Å²) < 4.78 is 25.9. The highest BCUT2D eigenvalue weighted by atomic mass is 35.7. The first-order valence-electron chi connectivity index (χ1n) is 9.18. The van der Waals surface area contributed by atoms with E-state index in [0.29, 0.717) is 16.3 Å². The summed E-state index contributed by atoms with van der Waals surface area (Å²) in [5.41, 5.74) is 1.21. The van der Waals surface area contributed by atoms with Crippen LogP contribution in [0.4, 0.5) is 11.6 Å².